The normalized spacial score (nSPS) is 19.6. The molecule has 1 atom stereocenters. The fourth-order valence-electron chi connectivity index (χ4n) is 3.34. The van der Waals surface area contributed by atoms with Crippen LogP contribution in [0, 0.1) is 6.92 Å². The number of aryl methyl sites for hydroxylation is 1. The first-order valence-corrected chi connectivity index (χ1v) is 9.47. The Morgan fingerprint density at radius 2 is 2.08 bits per heavy atom. The van der Waals surface area contributed by atoms with Crippen LogP contribution >= 0.6 is 11.3 Å². The maximum absolute atomic E-state index is 12.9. The number of urea groups is 1. The Labute approximate surface area is 150 Å². The third-order valence-corrected chi connectivity index (χ3v) is 5.51. The van der Waals surface area contributed by atoms with Crippen molar-refractivity contribution in [3.05, 3.63) is 34.3 Å². The number of hydrogen-bond donors (Lipinski definition) is 1. The zero-order valence-corrected chi connectivity index (χ0v) is 15.0. The molecule has 132 valence electrons. The second-order valence-electron chi connectivity index (χ2n) is 6.32. The zero-order chi connectivity index (χ0) is 17.2. The third-order valence-electron chi connectivity index (χ3n) is 4.63. The van der Waals surface area contributed by atoms with Gasteiger partial charge in [0, 0.05) is 29.9 Å². The highest BCUT2D eigenvalue weighted by Crippen LogP contribution is 2.36. The number of benzene rings is 1. The fraction of sp³-hybridized carbons (Fsp3) is 0.444. The molecule has 1 aromatic carbocycles. The van der Waals surface area contributed by atoms with E-state index in [0.29, 0.717) is 19.0 Å². The van der Waals surface area contributed by atoms with Gasteiger partial charge in [0.15, 0.2) is 11.5 Å². The molecule has 2 aliphatic heterocycles. The van der Waals surface area contributed by atoms with Gasteiger partial charge in [-0.2, -0.15) is 0 Å². The van der Waals surface area contributed by atoms with Crippen molar-refractivity contribution in [2.24, 2.45) is 0 Å². The number of nitrogens with zero attached hydrogens (tertiary/aromatic N) is 2. The van der Waals surface area contributed by atoms with Crippen LogP contribution in [0.1, 0.15) is 35.9 Å². The standard InChI is InChI=1S/C18H21N3O3S/c1-12-10-15-16(24-8-7-23-15)11-13(12)20-18(22)21-6-3-2-4-14(21)17-19-5-9-25-17/h5,9-11,14H,2-4,6-8H2,1H3,(H,20,22)/t14-/m1/s1. The molecule has 0 bridgehead atoms. The van der Waals surface area contributed by atoms with Crippen molar-refractivity contribution in [2.45, 2.75) is 32.2 Å². The largest absolute Gasteiger partial charge is 0.486 e. The van der Waals surface area contributed by atoms with Gasteiger partial charge in [0.1, 0.15) is 18.2 Å². The number of ether oxygens (including phenoxy) is 2. The molecule has 4 rings (SSSR count). The van der Waals surface area contributed by atoms with E-state index in [0.717, 1.165) is 47.8 Å². The number of carbonyl (C=O) groups excluding carboxylic acids is 1. The van der Waals surface area contributed by atoms with Crippen molar-refractivity contribution in [3.63, 3.8) is 0 Å². The molecule has 1 fully saturated rings. The highest BCUT2D eigenvalue weighted by atomic mass is 32.1. The molecule has 0 aliphatic carbocycles. The minimum absolute atomic E-state index is 0.0614. The van der Waals surface area contributed by atoms with Crippen molar-refractivity contribution < 1.29 is 14.3 Å². The molecule has 7 heteroatoms. The van der Waals surface area contributed by atoms with Crippen molar-refractivity contribution in [3.8, 4) is 11.5 Å². The van der Waals surface area contributed by atoms with Gasteiger partial charge in [0.2, 0.25) is 0 Å². The summed E-state index contributed by atoms with van der Waals surface area (Å²) in [4.78, 5) is 19.2. The van der Waals surface area contributed by atoms with Crippen LogP contribution in [0.2, 0.25) is 0 Å². The highest BCUT2D eigenvalue weighted by Gasteiger charge is 2.30. The summed E-state index contributed by atoms with van der Waals surface area (Å²) in [5, 5.41) is 6.02. The number of amides is 2. The number of aromatic nitrogens is 1. The summed E-state index contributed by atoms with van der Waals surface area (Å²) < 4.78 is 11.2. The van der Waals surface area contributed by atoms with Crippen molar-refractivity contribution in [2.75, 3.05) is 25.1 Å². The van der Waals surface area contributed by atoms with Gasteiger partial charge in [-0.3, -0.25) is 0 Å². The summed E-state index contributed by atoms with van der Waals surface area (Å²) in [5.74, 6) is 1.42. The van der Waals surface area contributed by atoms with Crippen LogP contribution in [-0.4, -0.2) is 35.7 Å². The predicted molar refractivity (Wildman–Crippen MR) is 96.6 cm³/mol. The average Bonchev–Trinajstić information content (AvgIpc) is 3.17. The van der Waals surface area contributed by atoms with E-state index in [4.69, 9.17) is 9.47 Å². The molecule has 1 aromatic heterocycles. The highest BCUT2D eigenvalue weighted by molar-refractivity contribution is 7.09. The predicted octanol–water partition coefficient (Wildman–Crippen LogP) is 3.98. The minimum Gasteiger partial charge on any atom is -0.486 e. The second-order valence-corrected chi connectivity index (χ2v) is 7.24. The minimum atomic E-state index is -0.0836. The van der Waals surface area contributed by atoms with Crippen LogP contribution in [0.25, 0.3) is 0 Å². The number of nitrogens with one attached hydrogen (secondary N) is 1. The summed E-state index contributed by atoms with van der Waals surface area (Å²) in [6.45, 7) is 3.80. The number of carbonyl (C=O) groups is 1. The molecule has 0 radical (unpaired) electrons. The first-order valence-electron chi connectivity index (χ1n) is 8.59. The Bertz CT molecular complexity index is 763. The lowest BCUT2D eigenvalue weighted by molar-refractivity contribution is 0.163. The number of fused-ring (bicyclic) bond motifs is 1. The van der Waals surface area contributed by atoms with Crippen molar-refractivity contribution >= 4 is 23.1 Å². The monoisotopic (exact) mass is 359 g/mol. The summed E-state index contributed by atoms with van der Waals surface area (Å²) >= 11 is 1.61. The maximum atomic E-state index is 12.9. The van der Waals surface area contributed by atoms with Gasteiger partial charge in [-0.1, -0.05) is 0 Å². The smallest absolute Gasteiger partial charge is 0.322 e. The van der Waals surface area contributed by atoms with E-state index < -0.39 is 0 Å². The molecular formula is C18H21N3O3S. The number of thiazole rings is 1. The van der Waals surface area contributed by atoms with Crippen LogP contribution in [0.4, 0.5) is 10.5 Å². The average molecular weight is 359 g/mol. The number of rotatable bonds is 2. The van der Waals surface area contributed by atoms with E-state index in [1.165, 1.54) is 0 Å². The van der Waals surface area contributed by atoms with Gasteiger partial charge in [-0.15, -0.1) is 11.3 Å². The van der Waals surface area contributed by atoms with Gasteiger partial charge in [-0.05, 0) is 37.8 Å². The van der Waals surface area contributed by atoms with Crippen LogP contribution in [-0.2, 0) is 0 Å². The van der Waals surface area contributed by atoms with Gasteiger partial charge in [-0.25, -0.2) is 9.78 Å². The maximum Gasteiger partial charge on any atom is 0.322 e. The van der Waals surface area contributed by atoms with Crippen LogP contribution < -0.4 is 14.8 Å². The lowest BCUT2D eigenvalue weighted by atomic mass is 10.0. The van der Waals surface area contributed by atoms with E-state index in [-0.39, 0.29) is 12.1 Å². The summed E-state index contributed by atoms with van der Waals surface area (Å²) in [6, 6.07) is 3.74. The second kappa shape index (κ2) is 6.92. The Hall–Kier alpha value is -2.28. The Kier molecular flexibility index (Phi) is 4.48. The molecule has 2 aliphatic rings. The van der Waals surface area contributed by atoms with Crippen LogP contribution in [0.15, 0.2) is 23.7 Å². The lowest BCUT2D eigenvalue weighted by Crippen LogP contribution is -2.41. The SMILES string of the molecule is Cc1cc2c(cc1NC(=O)N1CCCC[C@@H]1c1nccs1)OCCO2. The molecule has 3 heterocycles. The number of hydrogen-bond acceptors (Lipinski definition) is 5. The third kappa shape index (κ3) is 3.28. The molecular weight excluding hydrogens is 338 g/mol. The van der Waals surface area contributed by atoms with E-state index in [9.17, 15) is 4.79 Å². The molecule has 2 amide bonds. The molecule has 2 aromatic rings. The van der Waals surface area contributed by atoms with Crippen LogP contribution in [0.5, 0.6) is 11.5 Å². The molecule has 0 saturated carbocycles. The first-order chi connectivity index (χ1) is 12.2. The molecule has 0 unspecified atom stereocenters. The summed E-state index contributed by atoms with van der Waals surface area (Å²) in [7, 11) is 0. The molecule has 1 saturated heterocycles. The Morgan fingerprint density at radius 3 is 2.84 bits per heavy atom. The molecule has 6 nitrogen and oxygen atoms in total. The van der Waals surface area contributed by atoms with Crippen molar-refractivity contribution in [1.29, 1.82) is 0 Å². The van der Waals surface area contributed by atoms with E-state index in [1.54, 1.807) is 17.5 Å². The molecule has 25 heavy (non-hydrogen) atoms. The molecule has 1 N–H and O–H groups in total. The zero-order valence-electron chi connectivity index (χ0n) is 14.2. The first kappa shape index (κ1) is 16.2. The number of likely N-dealkylation sites (tertiary alicyclic amines) is 1. The number of piperidine rings is 1. The van der Waals surface area contributed by atoms with Gasteiger partial charge >= 0.3 is 6.03 Å². The summed E-state index contributed by atoms with van der Waals surface area (Å²) in [6.07, 6.45) is 4.91. The van der Waals surface area contributed by atoms with Crippen molar-refractivity contribution in [1.82, 2.24) is 9.88 Å². The van der Waals surface area contributed by atoms with E-state index in [2.05, 4.69) is 10.3 Å². The van der Waals surface area contributed by atoms with Gasteiger partial charge in [0.25, 0.3) is 0 Å². The number of anilines is 1. The van der Waals surface area contributed by atoms with E-state index in [1.807, 2.05) is 29.3 Å². The Balaban J connectivity index is 1.54. The summed E-state index contributed by atoms with van der Waals surface area (Å²) in [5.41, 5.74) is 1.72. The molecule has 0 spiro atoms. The van der Waals surface area contributed by atoms with E-state index >= 15 is 0 Å². The lowest BCUT2D eigenvalue weighted by Gasteiger charge is -2.34. The van der Waals surface area contributed by atoms with Crippen LogP contribution in [0.3, 0.4) is 0 Å². The van der Waals surface area contributed by atoms with Gasteiger partial charge in [0.05, 0.1) is 6.04 Å². The van der Waals surface area contributed by atoms with Gasteiger partial charge < -0.3 is 19.7 Å². The topological polar surface area (TPSA) is 63.7 Å². The quantitative estimate of drug-likeness (QED) is 0.881. The Morgan fingerprint density at radius 1 is 1.28 bits per heavy atom. The fourth-order valence-corrected chi connectivity index (χ4v) is 4.13.